The fourth-order valence-corrected chi connectivity index (χ4v) is 3.38. The van der Waals surface area contributed by atoms with Crippen molar-refractivity contribution >= 4 is 34.4 Å². The molecular weight excluding hydrogens is 385 g/mol. The van der Waals surface area contributed by atoms with Gasteiger partial charge in [0.25, 0.3) is 5.91 Å². The molecule has 3 aromatic rings. The van der Waals surface area contributed by atoms with Gasteiger partial charge in [0.05, 0.1) is 5.52 Å². The Bertz CT molecular complexity index is 1120. The third kappa shape index (κ3) is 4.27. The summed E-state index contributed by atoms with van der Waals surface area (Å²) in [5.74, 6) is -0.321. The fraction of sp³-hybridized carbons (Fsp3) is 0.182. The number of hydrogen-bond donors (Lipinski definition) is 2. The first-order valence-corrected chi connectivity index (χ1v) is 9.53. The van der Waals surface area contributed by atoms with Gasteiger partial charge in [0.2, 0.25) is 11.9 Å². The van der Waals surface area contributed by atoms with Crippen LogP contribution in [0.15, 0.2) is 61.3 Å². The van der Waals surface area contributed by atoms with Crippen LogP contribution in [0.1, 0.15) is 16.8 Å². The molecule has 8 heteroatoms. The number of hydrogen-bond acceptors (Lipinski definition) is 5. The van der Waals surface area contributed by atoms with Gasteiger partial charge in [0.1, 0.15) is 5.82 Å². The van der Waals surface area contributed by atoms with E-state index in [9.17, 15) is 14.0 Å². The Morgan fingerprint density at radius 2 is 2.00 bits per heavy atom. The van der Waals surface area contributed by atoms with Crippen molar-refractivity contribution in [3.05, 3.63) is 72.7 Å². The number of halogens is 1. The lowest BCUT2D eigenvalue weighted by Crippen LogP contribution is -2.31. The summed E-state index contributed by atoms with van der Waals surface area (Å²) in [6.45, 7) is 4.52. The van der Waals surface area contributed by atoms with Crippen LogP contribution in [0.25, 0.3) is 10.9 Å². The highest BCUT2D eigenvalue weighted by molar-refractivity contribution is 5.99. The lowest BCUT2D eigenvalue weighted by molar-refractivity contribution is -0.111. The molecule has 152 valence electrons. The van der Waals surface area contributed by atoms with Gasteiger partial charge in [-0.2, -0.15) is 0 Å². The lowest BCUT2D eigenvalue weighted by atomic mass is 10.2. The van der Waals surface area contributed by atoms with E-state index >= 15 is 0 Å². The molecule has 2 amide bonds. The van der Waals surface area contributed by atoms with Crippen molar-refractivity contribution in [3.8, 4) is 0 Å². The number of carbonyl (C=O) groups excluding carboxylic acids is 2. The molecule has 30 heavy (non-hydrogen) atoms. The van der Waals surface area contributed by atoms with Gasteiger partial charge >= 0.3 is 0 Å². The van der Waals surface area contributed by atoms with E-state index in [4.69, 9.17) is 0 Å². The Labute approximate surface area is 172 Å². The Balaban J connectivity index is 1.38. The Hall–Kier alpha value is -3.81. The molecule has 1 aromatic heterocycles. The molecule has 0 bridgehead atoms. The van der Waals surface area contributed by atoms with Crippen molar-refractivity contribution in [2.24, 2.45) is 0 Å². The number of carbonyl (C=O) groups is 2. The van der Waals surface area contributed by atoms with Gasteiger partial charge in [0.15, 0.2) is 0 Å². The summed E-state index contributed by atoms with van der Waals surface area (Å²) in [7, 11) is 0. The van der Waals surface area contributed by atoms with Crippen molar-refractivity contribution in [2.75, 3.05) is 23.7 Å². The highest BCUT2D eigenvalue weighted by atomic mass is 19.1. The van der Waals surface area contributed by atoms with Gasteiger partial charge in [-0.3, -0.25) is 9.59 Å². The molecule has 1 aliphatic heterocycles. The Morgan fingerprint density at radius 1 is 1.20 bits per heavy atom. The quantitative estimate of drug-likeness (QED) is 0.637. The summed E-state index contributed by atoms with van der Waals surface area (Å²) in [5.41, 5.74) is 1.68. The first-order chi connectivity index (χ1) is 14.5. The van der Waals surface area contributed by atoms with Gasteiger partial charge in [-0.25, -0.2) is 14.4 Å². The summed E-state index contributed by atoms with van der Waals surface area (Å²) in [6, 6.07) is 11.1. The maximum Gasteiger partial charge on any atom is 0.253 e. The number of nitrogens with zero attached hydrogens (tertiary/aromatic N) is 3. The van der Waals surface area contributed by atoms with Gasteiger partial charge in [-0.05, 0) is 48.9 Å². The van der Waals surface area contributed by atoms with E-state index in [-0.39, 0.29) is 23.7 Å². The fourth-order valence-electron chi connectivity index (χ4n) is 3.38. The standard InChI is InChI=1S/C22H20FN5O2/c1-2-20(29)25-17-7-4-14(5-8-17)21(30)28-10-9-18(13-28)26-22-24-12-15-3-6-16(23)11-19(15)27-22/h2-8,11-12,18H,1,9-10,13H2,(H,25,29)(H,24,26,27)/t18-/m1/s1. The molecule has 1 atom stereocenters. The minimum absolute atomic E-state index is 0.00566. The molecule has 1 aliphatic rings. The molecule has 0 aliphatic carbocycles. The molecule has 0 radical (unpaired) electrons. The summed E-state index contributed by atoms with van der Waals surface area (Å²) < 4.78 is 13.4. The Morgan fingerprint density at radius 3 is 2.77 bits per heavy atom. The predicted octanol–water partition coefficient (Wildman–Crippen LogP) is 3.22. The van der Waals surface area contributed by atoms with Crippen LogP contribution in [0, 0.1) is 5.82 Å². The van der Waals surface area contributed by atoms with Crippen molar-refractivity contribution in [1.82, 2.24) is 14.9 Å². The zero-order chi connectivity index (χ0) is 21.1. The summed E-state index contributed by atoms with van der Waals surface area (Å²) in [6.07, 6.45) is 3.59. The van der Waals surface area contributed by atoms with E-state index in [2.05, 4.69) is 27.2 Å². The molecule has 2 aromatic carbocycles. The first-order valence-electron chi connectivity index (χ1n) is 9.53. The van der Waals surface area contributed by atoms with Crippen LogP contribution in [0.3, 0.4) is 0 Å². The van der Waals surface area contributed by atoms with Crippen LogP contribution in [-0.2, 0) is 4.79 Å². The van der Waals surface area contributed by atoms with Crippen molar-refractivity contribution < 1.29 is 14.0 Å². The number of fused-ring (bicyclic) bond motifs is 1. The average Bonchev–Trinajstić information content (AvgIpc) is 3.22. The van der Waals surface area contributed by atoms with Gasteiger partial charge in [-0.1, -0.05) is 6.58 Å². The number of anilines is 2. The van der Waals surface area contributed by atoms with Gasteiger partial charge in [-0.15, -0.1) is 0 Å². The molecule has 4 rings (SSSR count). The lowest BCUT2D eigenvalue weighted by Gasteiger charge is -2.17. The maximum atomic E-state index is 13.4. The van der Waals surface area contributed by atoms with E-state index in [0.717, 1.165) is 11.8 Å². The second-order valence-electron chi connectivity index (χ2n) is 7.05. The molecule has 0 spiro atoms. The maximum absolute atomic E-state index is 13.4. The average molecular weight is 405 g/mol. The number of benzene rings is 2. The van der Waals surface area contributed by atoms with Crippen LogP contribution in [0.2, 0.25) is 0 Å². The number of rotatable bonds is 5. The minimum atomic E-state index is -0.347. The van der Waals surface area contributed by atoms with Crippen molar-refractivity contribution in [1.29, 1.82) is 0 Å². The molecule has 7 nitrogen and oxygen atoms in total. The molecule has 2 N–H and O–H groups in total. The third-order valence-corrected chi connectivity index (χ3v) is 4.94. The highest BCUT2D eigenvalue weighted by Crippen LogP contribution is 2.19. The number of aromatic nitrogens is 2. The molecule has 0 unspecified atom stereocenters. The van der Waals surface area contributed by atoms with Crippen molar-refractivity contribution in [3.63, 3.8) is 0 Å². The van der Waals surface area contributed by atoms with Gasteiger partial charge < -0.3 is 15.5 Å². The van der Waals surface area contributed by atoms with Crippen LogP contribution in [0.4, 0.5) is 16.0 Å². The number of likely N-dealkylation sites (tertiary alicyclic amines) is 1. The van der Waals surface area contributed by atoms with Crippen molar-refractivity contribution in [2.45, 2.75) is 12.5 Å². The van der Waals surface area contributed by atoms with E-state index in [0.29, 0.717) is 35.8 Å². The van der Waals surface area contributed by atoms with E-state index in [1.54, 1.807) is 41.4 Å². The van der Waals surface area contributed by atoms with Crippen LogP contribution in [0.5, 0.6) is 0 Å². The minimum Gasteiger partial charge on any atom is -0.350 e. The number of amides is 2. The van der Waals surface area contributed by atoms with Crippen LogP contribution >= 0.6 is 0 Å². The zero-order valence-corrected chi connectivity index (χ0v) is 16.1. The van der Waals surface area contributed by atoms with E-state index < -0.39 is 0 Å². The molecule has 1 fully saturated rings. The SMILES string of the molecule is C=CC(=O)Nc1ccc(C(=O)N2CC[C@@H](Nc3ncc4ccc(F)cc4n3)C2)cc1. The normalized spacial score (nSPS) is 15.8. The smallest absolute Gasteiger partial charge is 0.253 e. The second-order valence-corrected chi connectivity index (χ2v) is 7.05. The van der Waals surface area contributed by atoms with Crippen LogP contribution < -0.4 is 10.6 Å². The largest absolute Gasteiger partial charge is 0.350 e. The summed E-state index contributed by atoms with van der Waals surface area (Å²) in [5, 5.41) is 6.64. The topological polar surface area (TPSA) is 87.2 Å². The van der Waals surface area contributed by atoms with Crippen LogP contribution in [-0.4, -0.2) is 45.8 Å². The predicted molar refractivity (Wildman–Crippen MR) is 113 cm³/mol. The summed E-state index contributed by atoms with van der Waals surface area (Å²) >= 11 is 0. The van der Waals surface area contributed by atoms with E-state index in [1.807, 2.05) is 0 Å². The summed E-state index contributed by atoms with van der Waals surface area (Å²) in [4.78, 5) is 34.5. The molecular formula is C22H20FN5O2. The number of nitrogens with one attached hydrogen (secondary N) is 2. The molecule has 1 saturated heterocycles. The molecule has 0 saturated carbocycles. The molecule has 2 heterocycles. The monoisotopic (exact) mass is 405 g/mol. The van der Waals surface area contributed by atoms with E-state index in [1.165, 1.54) is 18.2 Å². The zero-order valence-electron chi connectivity index (χ0n) is 16.1. The second kappa shape index (κ2) is 8.28. The first kappa shape index (κ1) is 19.5. The Kier molecular flexibility index (Phi) is 5.38. The third-order valence-electron chi connectivity index (χ3n) is 4.94. The van der Waals surface area contributed by atoms with Gasteiger partial charge in [0, 0.05) is 48.0 Å². The highest BCUT2D eigenvalue weighted by Gasteiger charge is 2.27.